The first-order valence-electron chi connectivity index (χ1n) is 4.83. The van der Waals surface area contributed by atoms with Crippen LogP contribution in [0.15, 0.2) is 0 Å². The summed E-state index contributed by atoms with van der Waals surface area (Å²) in [6.07, 6.45) is -0.0558. The summed E-state index contributed by atoms with van der Waals surface area (Å²) in [5, 5.41) is 2.98. The highest BCUT2D eigenvalue weighted by Gasteiger charge is 2.16. The van der Waals surface area contributed by atoms with Gasteiger partial charge in [0.15, 0.2) is 0 Å². The molecule has 4 heteroatoms. The van der Waals surface area contributed by atoms with Crippen LogP contribution in [0.4, 0.5) is 0 Å². The zero-order valence-electron chi connectivity index (χ0n) is 9.72. The third-order valence-electron chi connectivity index (χ3n) is 1.74. The van der Waals surface area contributed by atoms with Crippen LogP contribution in [0.2, 0.25) is 0 Å². The van der Waals surface area contributed by atoms with Gasteiger partial charge < -0.3 is 14.8 Å². The Labute approximate surface area is 86.0 Å². The van der Waals surface area contributed by atoms with Crippen molar-refractivity contribution in [2.45, 2.75) is 39.4 Å². The number of rotatable bonds is 6. The first-order chi connectivity index (χ1) is 6.37. The molecule has 0 saturated carbocycles. The molecule has 0 radical (unpaired) electrons. The lowest BCUT2D eigenvalue weighted by Gasteiger charge is -2.23. The van der Waals surface area contributed by atoms with Crippen LogP contribution in [-0.2, 0) is 14.3 Å². The molecule has 0 aromatic heterocycles. The van der Waals surface area contributed by atoms with Crippen molar-refractivity contribution in [2.24, 2.45) is 0 Å². The van der Waals surface area contributed by atoms with Gasteiger partial charge in [-0.25, -0.2) is 0 Å². The van der Waals surface area contributed by atoms with E-state index in [4.69, 9.17) is 9.47 Å². The number of ether oxygens (including phenoxy) is 2. The molecule has 0 heterocycles. The summed E-state index contributed by atoms with van der Waals surface area (Å²) in [4.78, 5) is 11.1. The average Bonchev–Trinajstić information content (AvgIpc) is 2.02. The summed E-state index contributed by atoms with van der Waals surface area (Å²) in [5.41, 5.74) is -0.252. The molecular formula is C10H21NO3. The van der Waals surface area contributed by atoms with E-state index in [1.54, 1.807) is 7.11 Å². The molecule has 0 amide bonds. The van der Waals surface area contributed by atoms with Crippen LogP contribution in [-0.4, -0.2) is 37.9 Å². The molecule has 0 saturated heterocycles. The molecule has 0 aliphatic heterocycles. The first-order valence-corrected chi connectivity index (χ1v) is 4.83. The van der Waals surface area contributed by atoms with E-state index in [9.17, 15) is 4.79 Å². The number of hydrogen-bond acceptors (Lipinski definition) is 4. The van der Waals surface area contributed by atoms with Gasteiger partial charge in [0.05, 0.1) is 18.2 Å². The van der Waals surface area contributed by atoms with E-state index >= 15 is 0 Å². The highest BCUT2D eigenvalue weighted by atomic mass is 16.5. The van der Waals surface area contributed by atoms with Crippen molar-refractivity contribution in [3.63, 3.8) is 0 Å². The summed E-state index contributed by atoms with van der Waals surface area (Å²) in [6, 6.07) is 0. The Kier molecular flexibility index (Phi) is 5.72. The van der Waals surface area contributed by atoms with Crippen LogP contribution >= 0.6 is 0 Å². The average molecular weight is 203 g/mol. The lowest BCUT2D eigenvalue weighted by molar-refractivity contribution is -0.146. The van der Waals surface area contributed by atoms with Crippen molar-refractivity contribution in [2.75, 3.05) is 20.2 Å². The molecular weight excluding hydrogens is 182 g/mol. The Bertz CT molecular complexity index is 178. The maximum Gasteiger partial charge on any atom is 0.320 e. The summed E-state index contributed by atoms with van der Waals surface area (Å²) >= 11 is 0. The molecule has 0 rings (SSSR count). The Morgan fingerprint density at radius 1 is 1.43 bits per heavy atom. The van der Waals surface area contributed by atoms with Gasteiger partial charge in [-0.15, -0.1) is 0 Å². The molecule has 0 aromatic rings. The molecule has 0 aliphatic carbocycles. The topological polar surface area (TPSA) is 47.6 Å². The summed E-state index contributed by atoms with van der Waals surface area (Å²) in [5.74, 6) is -0.230. The maximum atomic E-state index is 11.1. The van der Waals surface area contributed by atoms with Gasteiger partial charge in [-0.1, -0.05) is 0 Å². The van der Waals surface area contributed by atoms with Crippen LogP contribution in [0.3, 0.4) is 0 Å². The second-order valence-electron chi connectivity index (χ2n) is 4.11. The number of methoxy groups -OCH3 is 1. The third kappa shape index (κ3) is 6.86. The second-order valence-corrected chi connectivity index (χ2v) is 4.11. The van der Waals surface area contributed by atoms with Gasteiger partial charge in [0.25, 0.3) is 0 Å². The van der Waals surface area contributed by atoms with Crippen molar-refractivity contribution in [1.29, 1.82) is 0 Å². The van der Waals surface area contributed by atoms with E-state index in [0.717, 1.165) is 0 Å². The molecule has 0 spiro atoms. The minimum atomic E-state index is -0.252. The van der Waals surface area contributed by atoms with Crippen LogP contribution < -0.4 is 5.32 Å². The van der Waals surface area contributed by atoms with E-state index < -0.39 is 0 Å². The predicted octanol–water partition coefficient (Wildman–Crippen LogP) is 0.953. The van der Waals surface area contributed by atoms with Gasteiger partial charge in [-0.3, -0.25) is 4.79 Å². The molecule has 1 N–H and O–H groups in total. The smallest absolute Gasteiger partial charge is 0.320 e. The Morgan fingerprint density at radius 2 is 2.00 bits per heavy atom. The van der Waals surface area contributed by atoms with Crippen molar-refractivity contribution < 1.29 is 14.3 Å². The molecule has 4 nitrogen and oxygen atoms in total. The van der Waals surface area contributed by atoms with Crippen molar-refractivity contribution in [3.8, 4) is 0 Å². The number of nitrogens with one attached hydrogen (secondary N) is 1. The van der Waals surface area contributed by atoms with Crippen LogP contribution in [0.25, 0.3) is 0 Å². The van der Waals surface area contributed by atoms with Crippen LogP contribution in [0.1, 0.15) is 27.7 Å². The molecule has 14 heavy (non-hydrogen) atoms. The zero-order valence-corrected chi connectivity index (χ0v) is 9.72. The molecule has 0 aliphatic rings. The zero-order chi connectivity index (χ0) is 11.2. The predicted molar refractivity (Wildman–Crippen MR) is 55.2 cm³/mol. The molecule has 0 unspecified atom stereocenters. The second kappa shape index (κ2) is 5.98. The fourth-order valence-corrected chi connectivity index (χ4v) is 0.842. The monoisotopic (exact) mass is 203 g/mol. The number of carbonyl (C=O) groups is 1. The summed E-state index contributed by atoms with van der Waals surface area (Å²) in [7, 11) is 1.65. The quantitative estimate of drug-likeness (QED) is 0.653. The minimum Gasteiger partial charge on any atom is -0.462 e. The maximum absolute atomic E-state index is 11.1. The molecule has 84 valence electrons. The molecule has 0 atom stereocenters. The van der Waals surface area contributed by atoms with Gasteiger partial charge in [0.2, 0.25) is 0 Å². The SMILES string of the molecule is COC(C)(C)CNCC(=O)OC(C)C. The molecule has 0 bridgehead atoms. The Morgan fingerprint density at radius 3 is 2.43 bits per heavy atom. The van der Waals surface area contributed by atoms with E-state index in [-0.39, 0.29) is 24.2 Å². The number of hydrogen-bond donors (Lipinski definition) is 1. The standard InChI is InChI=1S/C10H21NO3/c1-8(2)14-9(12)6-11-7-10(3,4)13-5/h8,11H,6-7H2,1-5H3. The van der Waals surface area contributed by atoms with Crippen molar-refractivity contribution in [1.82, 2.24) is 5.32 Å². The fourth-order valence-electron chi connectivity index (χ4n) is 0.842. The number of carbonyl (C=O) groups excluding carboxylic acids is 1. The third-order valence-corrected chi connectivity index (χ3v) is 1.74. The summed E-state index contributed by atoms with van der Waals surface area (Å²) < 4.78 is 10.1. The van der Waals surface area contributed by atoms with Gasteiger partial charge in [0, 0.05) is 13.7 Å². The fraction of sp³-hybridized carbons (Fsp3) is 0.900. The van der Waals surface area contributed by atoms with Crippen LogP contribution in [0, 0.1) is 0 Å². The van der Waals surface area contributed by atoms with Gasteiger partial charge in [0.1, 0.15) is 0 Å². The summed E-state index contributed by atoms with van der Waals surface area (Å²) in [6.45, 7) is 8.41. The van der Waals surface area contributed by atoms with Gasteiger partial charge in [-0.2, -0.15) is 0 Å². The Hall–Kier alpha value is -0.610. The largest absolute Gasteiger partial charge is 0.462 e. The highest BCUT2D eigenvalue weighted by Crippen LogP contribution is 2.04. The van der Waals surface area contributed by atoms with Gasteiger partial charge >= 0.3 is 5.97 Å². The van der Waals surface area contributed by atoms with Gasteiger partial charge in [-0.05, 0) is 27.7 Å². The lowest BCUT2D eigenvalue weighted by atomic mass is 10.1. The lowest BCUT2D eigenvalue weighted by Crippen LogP contribution is -2.39. The van der Waals surface area contributed by atoms with E-state index in [0.29, 0.717) is 6.54 Å². The van der Waals surface area contributed by atoms with E-state index in [1.165, 1.54) is 0 Å². The van der Waals surface area contributed by atoms with E-state index in [2.05, 4.69) is 5.32 Å². The van der Waals surface area contributed by atoms with Crippen LogP contribution in [0.5, 0.6) is 0 Å². The molecule has 0 fully saturated rings. The minimum absolute atomic E-state index is 0.0558. The van der Waals surface area contributed by atoms with Crippen molar-refractivity contribution >= 4 is 5.97 Å². The number of esters is 1. The molecule has 0 aromatic carbocycles. The Balaban J connectivity index is 3.59. The van der Waals surface area contributed by atoms with Crippen molar-refractivity contribution in [3.05, 3.63) is 0 Å². The highest BCUT2D eigenvalue weighted by molar-refractivity contribution is 5.71. The normalized spacial score (nSPS) is 11.9. The van der Waals surface area contributed by atoms with E-state index in [1.807, 2.05) is 27.7 Å². The first kappa shape index (κ1) is 13.4.